The fourth-order valence-corrected chi connectivity index (χ4v) is 5.00. The Hall–Kier alpha value is -1.92. The van der Waals surface area contributed by atoms with E-state index in [0.717, 1.165) is 38.5 Å². The first-order chi connectivity index (χ1) is 13.1. The summed E-state index contributed by atoms with van der Waals surface area (Å²) >= 11 is 0. The Balaban J connectivity index is 1.41. The predicted octanol–water partition coefficient (Wildman–Crippen LogP) is 2.44. The minimum absolute atomic E-state index is 0.0689. The van der Waals surface area contributed by atoms with E-state index in [0.29, 0.717) is 29.7 Å². The van der Waals surface area contributed by atoms with Crippen molar-refractivity contribution in [1.82, 2.24) is 5.32 Å². The number of carbonyl (C=O) groups excluding carboxylic acids is 2. The maximum absolute atomic E-state index is 12.8. The molecule has 0 spiro atoms. The zero-order chi connectivity index (χ0) is 18.8. The molecule has 2 saturated carbocycles. The van der Waals surface area contributed by atoms with Crippen LogP contribution in [0.2, 0.25) is 0 Å². The van der Waals surface area contributed by atoms with E-state index in [-0.39, 0.29) is 30.0 Å². The molecular weight excluding hydrogens is 342 g/mol. The molecule has 3 atom stereocenters. The van der Waals surface area contributed by atoms with Crippen molar-refractivity contribution < 1.29 is 14.3 Å². The van der Waals surface area contributed by atoms with Crippen molar-refractivity contribution in [1.29, 1.82) is 0 Å². The molecule has 4 rings (SSSR count). The first-order valence-electron chi connectivity index (χ1n) is 10.2. The molecule has 1 aromatic carbocycles. The third-order valence-corrected chi connectivity index (χ3v) is 6.29. The Labute approximate surface area is 160 Å². The van der Waals surface area contributed by atoms with Gasteiger partial charge in [0.25, 0.3) is 11.8 Å². The highest BCUT2D eigenvalue weighted by Gasteiger charge is 2.40. The second kappa shape index (κ2) is 7.98. The summed E-state index contributed by atoms with van der Waals surface area (Å²) in [5.41, 5.74) is 7.39. The standard InChI is InChI=1S/C21H29N3O3/c22-16-10-13-4-1-5-14(11-16)19(13)24-20(25)15-6-2-7-17(12-15)23-21(26)18-8-3-9-27-18/h2,6-7,12-14,16,18-19H,1,3-5,8-11,22H2,(H,23,26)(H,24,25). The molecule has 2 amide bonds. The second-order valence-corrected chi connectivity index (χ2v) is 8.25. The SMILES string of the molecule is NC1CC2CCCC(C1)C2NC(=O)c1cccc(NC(=O)C2CCCO2)c1. The summed E-state index contributed by atoms with van der Waals surface area (Å²) in [6.45, 7) is 0.633. The molecule has 2 bridgehead atoms. The monoisotopic (exact) mass is 371 g/mol. The molecule has 6 heteroatoms. The van der Waals surface area contributed by atoms with Gasteiger partial charge in [0, 0.05) is 29.9 Å². The lowest BCUT2D eigenvalue weighted by atomic mass is 9.67. The molecule has 1 aromatic rings. The van der Waals surface area contributed by atoms with Crippen LogP contribution in [0.4, 0.5) is 5.69 Å². The highest BCUT2D eigenvalue weighted by Crippen LogP contribution is 2.39. The predicted molar refractivity (Wildman–Crippen MR) is 103 cm³/mol. The van der Waals surface area contributed by atoms with Crippen LogP contribution in [0.25, 0.3) is 0 Å². The number of anilines is 1. The zero-order valence-electron chi connectivity index (χ0n) is 15.7. The van der Waals surface area contributed by atoms with Crippen molar-refractivity contribution in [2.75, 3.05) is 11.9 Å². The Morgan fingerprint density at radius 3 is 2.56 bits per heavy atom. The van der Waals surface area contributed by atoms with Gasteiger partial charge in [0.15, 0.2) is 0 Å². The van der Waals surface area contributed by atoms with E-state index < -0.39 is 0 Å². The van der Waals surface area contributed by atoms with E-state index >= 15 is 0 Å². The van der Waals surface area contributed by atoms with Crippen molar-refractivity contribution in [2.45, 2.75) is 63.1 Å². The number of hydrogen-bond donors (Lipinski definition) is 3. The van der Waals surface area contributed by atoms with Crippen LogP contribution >= 0.6 is 0 Å². The summed E-state index contributed by atoms with van der Waals surface area (Å²) in [5.74, 6) is 0.763. The fraction of sp³-hybridized carbons (Fsp3) is 0.619. The van der Waals surface area contributed by atoms with Gasteiger partial charge in [-0.15, -0.1) is 0 Å². The molecule has 146 valence electrons. The molecule has 3 unspecified atom stereocenters. The Kier molecular flexibility index (Phi) is 5.45. The first-order valence-corrected chi connectivity index (χ1v) is 10.2. The van der Waals surface area contributed by atoms with Gasteiger partial charge in [-0.25, -0.2) is 0 Å². The molecule has 2 aliphatic carbocycles. The largest absolute Gasteiger partial charge is 0.368 e. The van der Waals surface area contributed by atoms with E-state index in [2.05, 4.69) is 10.6 Å². The molecule has 3 fully saturated rings. The molecule has 0 aromatic heterocycles. The van der Waals surface area contributed by atoms with Crippen LogP contribution in [-0.4, -0.2) is 36.6 Å². The Bertz CT molecular complexity index is 688. The lowest BCUT2D eigenvalue weighted by Crippen LogP contribution is -2.53. The molecule has 1 aliphatic heterocycles. The van der Waals surface area contributed by atoms with E-state index in [9.17, 15) is 9.59 Å². The molecule has 4 N–H and O–H groups in total. The number of nitrogens with one attached hydrogen (secondary N) is 2. The van der Waals surface area contributed by atoms with Crippen molar-refractivity contribution in [3.05, 3.63) is 29.8 Å². The van der Waals surface area contributed by atoms with E-state index in [1.807, 2.05) is 0 Å². The van der Waals surface area contributed by atoms with E-state index in [1.54, 1.807) is 24.3 Å². The number of ether oxygens (including phenoxy) is 1. The topological polar surface area (TPSA) is 93.5 Å². The summed E-state index contributed by atoms with van der Waals surface area (Å²) in [4.78, 5) is 25.1. The molecule has 27 heavy (non-hydrogen) atoms. The summed E-state index contributed by atoms with van der Waals surface area (Å²) in [7, 11) is 0. The Morgan fingerprint density at radius 2 is 1.85 bits per heavy atom. The van der Waals surface area contributed by atoms with Crippen molar-refractivity contribution in [2.24, 2.45) is 17.6 Å². The summed E-state index contributed by atoms with van der Waals surface area (Å²) in [6.07, 6.45) is 6.80. The smallest absolute Gasteiger partial charge is 0.253 e. The molecule has 3 aliphatic rings. The van der Waals surface area contributed by atoms with Gasteiger partial charge in [-0.05, 0) is 68.6 Å². The molecule has 1 saturated heterocycles. The molecule has 1 heterocycles. The second-order valence-electron chi connectivity index (χ2n) is 8.25. The maximum atomic E-state index is 12.8. The van der Waals surface area contributed by atoms with Gasteiger partial charge < -0.3 is 21.1 Å². The van der Waals surface area contributed by atoms with Crippen LogP contribution in [0.5, 0.6) is 0 Å². The van der Waals surface area contributed by atoms with Crippen LogP contribution < -0.4 is 16.4 Å². The number of rotatable bonds is 4. The van der Waals surface area contributed by atoms with Gasteiger partial charge in [0.2, 0.25) is 0 Å². The summed E-state index contributed by atoms with van der Waals surface area (Å²) < 4.78 is 5.41. The van der Waals surface area contributed by atoms with Gasteiger partial charge in [0.05, 0.1) is 0 Å². The van der Waals surface area contributed by atoms with Crippen molar-refractivity contribution >= 4 is 17.5 Å². The fourth-order valence-electron chi connectivity index (χ4n) is 5.00. The number of nitrogens with two attached hydrogens (primary N) is 1. The average Bonchev–Trinajstić information content (AvgIpc) is 3.17. The summed E-state index contributed by atoms with van der Waals surface area (Å²) in [5, 5.41) is 6.13. The maximum Gasteiger partial charge on any atom is 0.253 e. The van der Waals surface area contributed by atoms with Crippen molar-refractivity contribution in [3.8, 4) is 0 Å². The molecule has 6 nitrogen and oxygen atoms in total. The number of amides is 2. The van der Waals surface area contributed by atoms with Crippen LogP contribution in [0, 0.1) is 11.8 Å². The number of fused-ring (bicyclic) bond motifs is 2. The van der Waals surface area contributed by atoms with Gasteiger partial charge >= 0.3 is 0 Å². The minimum atomic E-state index is -0.381. The lowest BCUT2D eigenvalue weighted by molar-refractivity contribution is -0.124. The first kappa shape index (κ1) is 18.4. The van der Waals surface area contributed by atoms with Gasteiger partial charge in [-0.1, -0.05) is 12.5 Å². The quantitative estimate of drug-likeness (QED) is 0.758. The minimum Gasteiger partial charge on any atom is -0.368 e. The summed E-state index contributed by atoms with van der Waals surface area (Å²) in [6, 6.07) is 7.63. The Morgan fingerprint density at radius 1 is 1.07 bits per heavy atom. The van der Waals surface area contributed by atoms with Gasteiger partial charge in [-0.3, -0.25) is 9.59 Å². The van der Waals surface area contributed by atoms with Crippen molar-refractivity contribution in [3.63, 3.8) is 0 Å². The third kappa shape index (κ3) is 4.17. The van der Waals surface area contributed by atoms with Crippen LogP contribution in [0.1, 0.15) is 55.3 Å². The number of benzene rings is 1. The van der Waals surface area contributed by atoms with Gasteiger partial charge in [-0.2, -0.15) is 0 Å². The molecule has 0 radical (unpaired) electrons. The number of hydrogen-bond acceptors (Lipinski definition) is 4. The normalized spacial score (nSPS) is 32.7. The van der Waals surface area contributed by atoms with Crippen LogP contribution in [0.3, 0.4) is 0 Å². The van der Waals surface area contributed by atoms with E-state index in [4.69, 9.17) is 10.5 Å². The average molecular weight is 371 g/mol. The van der Waals surface area contributed by atoms with Gasteiger partial charge in [0.1, 0.15) is 6.10 Å². The van der Waals surface area contributed by atoms with Crippen LogP contribution in [-0.2, 0) is 9.53 Å². The highest BCUT2D eigenvalue weighted by molar-refractivity contribution is 5.98. The van der Waals surface area contributed by atoms with E-state index in [1.165, 1.54) is 6.42 Å². The lowest BCUT2D eigenvalue weighted by Gasteiger charge is -2.45. The molecular formula is C21H29N3O3. The highest BCUT2D eigenvalue weighted by atomic mass is 16.5. The zero-order valence-corrected chi connectivity index (χ0v) is 15.7. The van der Waals surface area contributed by atoms with Crippen LogP contribution in [0.15, 0.2) is 24.3 Å². The third-order valence-electron chi connectivity index (χ3n) is 6.29. The number of carbonyl (C=O) groups is 2.